The van der Waals surface area contributed by atoms with Gasteiger partial charge in [0.1, 0.15) is 0 Å². The van der Waals surface area contributed by atoms with E-state index in [4.69, 9.17) is 4.74 Å². The van der Waals surface area contributed by atoms with Crippen LogP contribution in [0.4, 0.5) is 31.0 Å². The van der Waals surface area contributed by atoms with E-state index in [0.29, 0.717) is 49.7 Å². The van der Waals surface area contributed by atoms with Crippen molar-refractivity contribution in [1.29, 1.82) is 0 Å². The second kappa shape index (κ2) is 13.3. The molecule has 42 heavy (non-hydrogen) atoms. The first-order chi connectivity index (χ1) is 19.9. The van der Waals surface area contributed by atoms with Crippen LogP contribution in [0, 0.1) is 0 Å². The van der Waals surface area contributed by atoms with E-state index in [1.54, 1.807) is 4.90 Å². The molecule has 0 saturated carbocycles. The molecular formula is C27H30F3N7O4S. The van der Waals surface area contributed by atoms with Crippen molar-refractivity contribution in [2.75, 3.05) is 68.6 Å². The van der Waals surface area contributed by atoms with Gasteiger partial charge in [-0.05, 0) is 48.0 Å². The molecular weight excluding hydrogens is 575 g/mol. The third kappa shape index (κ3) is 8.24. The van der Waals surface area contributed by atoms with Crippen molar-refractivity contribution in [1.82, 2.24) is 19.7 Å². The van der Waals surface area contributed by atoms with E-state index < -0.39 is 27.5 Å². The summed E-state index contributed by atoms with van der Waals surface area (Å²) in [6, 6.07) is 9.72. The van der Waals surface area contributed by atoms with Gasteiger partial charge in [-0.3, -0.25) is 4.79 Å². The third-order valence-corrected chi connectivity index (χ3v) is 7.60. The molecule has 0 radical (unpaired) electrons. The normalized spacial score (nSPS) is 14.3. The van der Waals surface area contributed by atoms with Crippen molar-refractivity contribution >= 4 is 39.7 Å². The first-order valence-corrected chi connectivity index (χ1v) is 14.4. The number of hydrogen-bond donors (Lipinski definition) is 2. The number of carbonyl (C=O) groups is 1. The molecule has 0 atom stereocenters. The second-order valence-electron chi connectivity index (χ2n) is 9.42. The molecule has 0 aliphatic carbocycles. The molecule has 1 aromatic heterocycles. The van der Waals surface area contributed by atoms with Gasteiger partial charge in [-0.2, -0.15) is 28.1 Å². The summed E-state index contributed by atoms with van der Waals surface area (Å²) in [5.74, 6) is 0.839. The van der Waals surface area contributed by atoms with E-state index in [1.165, 1.54) is 48.6 Å². The zero-order chi connectivity index (χ0) is 30.3. The number of sulfonamides is 1. The van der Waals surface area contributed by atoms with Crippen LogP contribution in [0.5, 0.6) is 0 Å². The Balaban J connectivity index is 1.32. The Labute approximate surface area is 241 Å². The van der Waals surface area contributed by atoms with Crippen LogP contribution in [0.15, 0.2) is 59.5 Å². The topological polar surface area (TPSA) is 130 Å². The summed E-state index contributed by atoms with van der Waals surface area (Å²) in [4.78, 5) is 29.5. The number of allylic oxidation sites excluding steroid dienone is 1. The summed E-state index contributed by atoms with van der Waals surface area (Å²) in [6.45, 7) is 2.68. The number of anilines is 3. The smallest absolute Gasteiger partial charge is 0.378 e. The van der Waals surface area contributed by atoms with Gasteiger partial charge in [0.25, 0.3) is 0 Å². The van der Waals surface area contributed by atoms with Crippen molar-refractivity contribution in [3.8, 4) is 0 Å². The van der Waals surface area contributed by atoms with Crippen LogP contribution in [0.2, 0.25) is 0 Å². The SMILES string of the molecule is CN(C)c1nc(NCCNS(=O)(=O)c2ccc(C(=O)/C=C/c3ccc(C(F)(F)F)cc3)cc2)nc(N2CCOCC2)n1. The maximum atomic E-state index is 12.8. The third-order valence-electron chi connectivity index (χ3n) is 6.12. The number of nitrogens with zero attached hydrogens (tertiary/aromatic N) is 5. The maximum Gasteiger partial charge on any atom is 0.416 e. The van der Waals surface area contributed by atoms with Gasteiger partial charge < -0.3 is 19.9 Å². The number of ketones is 1. The lowest BCUT2D eigenvalue weighted by Crippen LogP contribution is -2.38. The molecule has 0 bridgehead atoms. The maximum absolute atomic E-state index is 12.8. The van der Waals surface area contributed by atoms with E-state index >= 15 is 0 Å². The lowest BCUT2D eigenvalue weighted by molar-refractivity contribution is -0.137. The molecule has 2 heterocycles. The zero-order valence-corrected chi connectivity index (χ0v) is 23.7. The van der Waals surface area contributed by atoms with Crippen molar-refractivity contribution in [2.45, 2.75) is 11.1 Å². The average molecular weight is 606 g/mol. The van der Waals surface area contributed by atoms with Gasteiger partial charge in [-0.25, -0.2) is 13.1 Å². The molecule has 0 amide bonds. The van der Waals surface area contributed by atoms with Gasteiger partial charge >= 0.3 is 6.18 Å². The molecule has 2 aromatic carbocycles. The highest BCUT2D eigenvalue weighted by molar-refractivity contribution is 7.89. The van der Waals surface area contributed by atoms with Crippen LogP contribution in [0.25, 0.3) is 6.08 Å². The summed E-state index contributed by atoms with van der Waals surface area (Å²) >= 11 is 0. The van der Waals surface area contributed by atoms with E-state index in [0.717, 1.165) is 12.1 Å². The number of hydrogen-bond acceptors (Lipinski definition) is 10. The van der Waals surface area contributed by atoms with Crippen molar-refractivity contribution in [3.05, 3.63) is 71.3 Å². The van der Waals surface area contributed by atoms with Crippen molar-refractivity contribution in [2.24, 2.45) is 0 Å². The highest BCUT2D eigenvalue weighted by atomic mass is 32.2. The minimum absolute atomic E-state index is 0.0320. The number of morpholine rings is 1. The van der Waals surface area contributed by atoms with Crippen LogP contribution in [-0.4, -0.2) is 82.6 Å². The number of alkyl halides is 3. The average Bonchev–Trinajstić information content (AvgIpc) is 2.98. The number of carbonyl (C=O) groups excluding carboxylic acids is 1. The van der Waals surface area contributed by atoms with Crippen LogP contribution in [0.1, 0.15) is 21.5 Å². The fourth-order valence-electron chi connectivity index (χ4n) is 3.83. The van der Waals surface area contributed by atoms with Crippen molar-refractivity contribution in [3.63, 3.8) is 0 Å². The summed E-state index contributed by atoms with van der Waals surface area (Å²) in [7, 11) is -0.250. The highest BCUT2D eigenvalue weighted by Crippen LogP contribution is 2.29. The molecule has 11 nitrogen and oxygen atoms in total. The Kier molecular flexibility index (Phi) is 9.75. The Hall–Kier alpha value is -4.08. The Bertz CT molecular complexity index is 1510. The van der Waals surface area contributed by atoms with Crippen LogP contribution in [0.3, 0.4) is 0 Å². The first kappa shape index (κ1) is 30.9. The van der Waals surface area contributed by atoms with Crippen LogP contribution in [-0.2, 0) is 20.9 Å². The molecule has 0 spiro atoms. The second-order valence-corrected chi connectivity index (χ2v) is 11.2. The molecule has 3 aromatic rings. The molecule has 1 aliphatic rings. The number of rotatable bonds is 11. The highest BCUT2D eigenvalue weighted by Gasteiger charge is 2.29. The molecule has 1 saturated heterocycles. The standard InChI is InChI=1S/C27H30F3N7O4S/c1-36(2)25-33-24(34-26(35-25)37-15-17-41-18-16-37)31-13-14-32-42(39,40)22-10-6-20(7-11-22)23(38)12-5-19-3-8-21(9-4-19)27(28,29)30/h3-12,32H,13-18H2,1-2H3,(H,31,33,34,35)/b12-5+. The zero-order valence-electron chi connectivity index (χ0n) is 22.9. The summed E-state index contributed by atoms with van der Waals surface area (Å²) in [6.07, 6.45) is -1.84. The van der Waals surface area contributed by atoms with Gasteiger partial charge in [-0.15, -0.1) is 0 Å². The number of ether oxygens (including phenoxy) is 1. The van der Waals surface area contributed by atoms with Crippen LogP contribution < -0.4 is 19.8 Å². The van der Waals surface area contributed by atoms with E-state index in [1.807, 2.05) is 19.0 Å². The number of nitrogens with one attached hydrogen (secondary N) is 2. The fourth-order valence-corrected chi connectivity index (χ4v) is 4.86. The van der Waals surface area contributed by atoms with Gasteiger partial charge in [0.2, 0.25) is 27.9 Å². The molecule has 0 unspecified atom stereocenters. The van der Waals surface area contributed by atoms with E-state index in [9.17, 15) is 26.4 Å². The Morgan fingerprint density at radius 2 is 1.67 bits per heavy atom. The summed E-state index contributed by atoms with van der Waals surface area (Å²) < 4.78 is 71.5. The van der Waals surface area contributed by atoms with Crippen LogP contribution >= 0.6 is 0 Å². The minimum atomic E-state index is -4.44. The molecule has 4 rings (SSSR count). The van der Waals surface area contributed by atoms with Gasteiger partial charge in [0.05, 0.1) is 23.7 Å². The first-order valence-electron chi connectivity index (χ1n) is 12.9. The predicted octanol–water partition coefficient (Wildman–Crippen LogP) is 3.08. The predicted molar refractivity (Wildman–Crippen MR) is 152 cm³/mol. The number of aromatic nitrogens is 3. The lowest BCUT2D eigenvalue weighted by Gasteiger charge is -2.27. The molecule has 15 heteroatoms. The Morgan fingerprint density at radius 3 is 2.29 bits per heavy atom. The monoisotopic (exact) mass is 605 g/mol. The quantitative estimate of drug-likeness (QED) is 0.191. The molecule has 2 N–H and O–H groups in total. The van der Waals surface area contributed by atoms with E-state index in [-0.39, 0.29) is 23.5 Å². The minimum Gasteiger partial charge on any atom is -0.378 e. The Morgan fingerprint density at radius 1 is 1.00 bits per heavy atom. The lowest BCUT2D eigenvalue weighted by atomic mass is 10.1. The van der Waals surface area contributed by atoms with E-state index in [2.05, 4.69) is 25.0 Å². The molecule has 1 aliphatic heterocycles. The number of halogens is 3. The summed E-state index contributed by atoms with van der Waals surface area (Å²) in [5, 5.41) is 3.02. The van der Waals surface area contributed by atoms with Gasteiger partial charge in [0.15, 0.2) is 5.78 Å². The van der Waals surface area contributed by atoms with Gasteiger partial charge in [0, 0.05) is 45.8 Å². The molecule has 1 fully saturated rings. The largest absolute Gasteiger partial charge is 0.416 e. The van der Waals surface area contributed by atoms with Gasteiger partial charge in [-0.1, -0.05) is 18.2 Å². The summed E-state index contributed by atoms with van der Waals surface area (Å²) in [5.41, 5.74) is -0.142. The fraction of sp³-hybridized carbons (Fsp3) is 0.333. The van der Waals surface area contributed by atoms with Crippen molar-refractivity contribution < 1.29 is 31.1 Å². The number of benzene rings is 2. The molecule has 224 valence electrons.